The molecule has 7 heteroatoms. The van der Waals surface area contributed by atoms with Crippen molar-refractivity contribution in [1.29, 1.82) is 0 Å². The van der Waals surface area contributed by atoms with Crippen molar-refractivity contribution in [3.05, 3.63) is 82.6 Å². The van der Waals surface area contributed by atoms with Crippen molar-refractivity contribution in [3.8, 4) is 17.0 Å². The fraction of sp³-hybridized carbons (Fsp3) is 0.0833. The van der Waals surface area contributed by atoms with E-state index in [1.807, 2.05) is 43.3 Å². The molecule has 3 aromatic carbocycles. The summed E-state index contributed by atoms with van der Waals surface area (Å²) in [6.07, 6.45) is 0. The molecule has 0 unspecified atom stereocenters. The minimum Gasteiger partial charge on any atom is -0.496 e. The number of carbonyl (C=O) groups is 1. The number of aryl methyl sites for hydroxylation is 1. The van der Waals surface area contributed by atoms with Crippen LogP contribution in [-0.4, -0.2) is 18.1 Å². The lowest BCUT2D eigenvalue weighted by Crippen LogP contribution is -2.20. The number of pyridine rings is 1. The minimum atomic E-state index is -0.552. The number of methoxy groups -OCH3 is 1. The van der Waals surface area contributed by atoms with E-state index in [1.54, 1.807) is 25.3 Å². The molecule has 4 aromatic rings. The van der Waals surface area contributed by atoms with Crippen LogP contribution in [0.5, 0.6) is 5.75 Å². The maximum absolute atomic E-state index is 14.0. The number of aromatic nitrogens is 1. The normalized spacial score (nSPS) is 10.7. The number of halogens is 2. The second-order valence-electron chi connectivity index (χ2n) is 7.01. The Morgan fingerprint density at radius 3 is 2.48 bits per heavy atom. The van der Waals surface area contributed by atoms with Gasteiger partial charge in [-0.1, -0.05) is 45.8 Å². The zero-order chi connectivity index (χ0) is 22.0. The third-order valence-corrected chi connectivity index (χ3v) is 5.27. The van der Waals surface area contributed by atoms with Gasteiger partial charge in [-0.3, -0.25) is 0 Å². The van der Waals surface area contributed by atoms with Gasteiger partial charge < -0.3 is 15.4 Å². The van der Waals surface area contributed by atoms with E-state index in [1.165, 1.54) is 17.7 Å². The third-order valence-electron chi connectivity index (χ3n) is 4.78. The number of nitrogens with one attached hydrogen (secondary N) is 2. The van der Waals surface area contributed by atoms with Gasteiger partial charge in [0.1, 0.15) is 11.6 Å². The average molecular weight is 480 g/mol. The average Bonchev–Trinajstić information content (AvgIpc) is 2.75. The maximum Gasteiger partial charge on any atom is 0.323 e. The second kappa shape index (κ2) is 8.73. The van der Waals surface area contributed by atoms with Gasteiger partial charge >= 0.3 is 6.03 Å². The van der Waals surface area contributed by atoms with Gasteiger partial charge in [-0.2, -0.15) is 0 Å². The number of amides is 2. The Morgan fingerprint density at radius 1 is 1.00 bits per heavy atom. The van der Waals surface area contributed by atoms with Crippen LogP contribution in [0.2, 0.25) is 0 Å². The number of urea groups is 1. The predicted molar refractivity (Wildman–Crippen MR) is 125 cm³/mol. The number of fused-ring (bicyclic) bond motifs is 1. The highest BCUT2D eigenvalue weighted by atomic mass is 79.9. The summed E-state index contributed by atoms with van der Waals surface area (Å²) in [7, 11) is 1.59. The smallest absolute Gasteiger partial charge is 0.323 e. The monoisotopic (exact) mass is 479 g/mol. The van der Waals surface area contributed by atoms with E-state index in [2.05, 4.69) is 26.6 Å². The summed E-state index contributed by atoms with van der Waals surface area (Å²) in [4.78, 5) is 17.1. The first kappa shape index (κ1) is 20.8. The van der Waals surface area contributed by atoms with E-state index >= 15 is 0 Å². The SMILES string of the molecule is COc1cc(-c2ccc(C)cc2)nc2ccc(NC(=O)Nc3ccc(Br)cc3F)cc12. The largest absolute Gasteiger partial charge is 0.496 e. The van der Waals surface area contributed by atoms with Crippen LogP contribution in [0.25, 0.3) is 22.2 Å². The fourth-order valence-corrected chi connectivity index (χ4v) is 3.52. The molecule has 31 heavy (non-hydrogen) atoms. The maximum atomic E-state index is 14.0. The fourth-order valence-electron chi connectivity index (χ4n) is 3.19. The molecule has 0 atom stereocenters. The highest BCUT2D eigenvalue weighted by Crippen LogP contribution is 2.32. The molecule has 0 aliphatic rings. The first-order valence-corrected chi connectivity index (χ1v) is 10.3. The van der Waals surface area contributed by atoms with Gasteiger partial charge in [-0.15, -0.1) is 0 Å². The number of rotatable bonds is 4. The number of nitrogens with zero attached hydrogens (tertiary/aromatic N) is 1. The van der Waals surface area contributed by atoms with Gasteiger partial charge in [0.2, 0.25) is 0 Å². The lowest BCUT2D eigenvalue weighted by molar-refractivity contribution is 0.262. The molecule has 2 amide bonds. The first-order chi connectivity index (χ1) is 14.9. The van der Waals surface area contributed by atoms with Crippen LogP contribution >= 0.6 is 15.9 Å². The van der Waals surface area contributed by atoms with E-state index in [-0.39, 0.29) is 5.69 Å². The number of hydrogen-bond donors (Lipinski definition) is 2. The highest BCUT2D eigenvalue weighted by molar-refractivity contribution is 9.10. The molecule has 0 bridgehead atoms. The number of anilines is 2. The Morgan fingerprint density at radius 2 is 1.77 bits per heavy atom. The van der Waals surface area contributed by atoms with Crippen molar-refractivity contribution < 1.29 is 13.9 Å². The van der Waals surface area contributed by atoms with E-state index in [0.717, 1.165) is 22.2 Å². The summed E-state index contributed by atoms with van der Waals surface area (Å²) in [5, 5.41) is 5.98. The van der Waals surface area contributed by atoms with Gasteiger partial charge in [0.25, 0.3) is 0 Å². The standard InChI is InChI=1S/C24H19BrFN3O2/c1-14-3-5-15(6-4-14)22-13-23(31-2)18-12-17(8-10-20(18)28-22)27-24(30)29-21-9-7-16(25)11-19(21)26/h3-13H,1-2H3,(H2,27,29,30). The Balaban J connectivity index is 1.60. The summed E-state index contributed by atoms with van der Waals surface area (Å²) in [5.74, 6) is 0.112. The Labute approximate surface area is 187 Å². The number of hydrogen-bond acceptors (Lipinski definition) is 3. The van der Waals surface area contributed by atoms with Crippen molar-refractivity contribution in [2.45, 2.75) is 6.92 Å². The minimum absolute atomic E-state index is 0.0866. The molecule has 0 aliphatic carbocycles. The number of carbonyl (C=O) groups excluding carboxylic acids is 1. The van der Waals surface area contributed by atoms with Crippen LogP contribution < -0.4 is 15.4 Å². The molecule has 5 nitrogen and oxygen atoms in total. The van der Waals surface area contributed by atoms with E-state index in [4.69, 9.17) is 9.72 Å². The van der Waals surface area contributed by atoms with Crippen LogP contribution in [0, 0.1) is 12.7 Å². The number of ether oxygens (including phenoxy) is 1. The molecule has 0 saturated heterocycles. The molecule has 0 fully saturated rings. The quantitative estimate of drug-likeness (QED) is 0.339. The Kier molecular flexibility index (Phi) is 5.86. The molecule has 156 valence electrons. The summed E-state index contributed by atoms with van der Waals surface area (Å²) < 4.78 is 20.1. The first-order valence-electron chi connectivity index (χ1n) is 9.52. The lowest BCUT2D eigenvalue weighted by Gasteiger charge is -2.12. The molecule has 0 saturated carbocycles. The van der Waals surface area contributed by atoms with Crippen molar-refractivity contribution in [2.75, 3.05) is 17.7 Å². The molecule has 1 aromatic heterocycles. The van der Waals surface area contributed by atoms with Crippen LogP contribution in [0.15, 0.2) is 71.2 Å². The lowest BCUT2D eigenvalue weighted by atomic mass is 10.1. The number of benzene rings is 3. The van der Waals surface area contributed by atoms with Gasteiger partial charge in [-0.05, 0) is 43.3 Å². The van der Waals surface area contributed by atoms with Gasteiger partial charge in [0.05, 0.1) is 24.0 Å². The second-order valence-corrected chi connectivity index (χ2v) is 7.93. The Bertz CT molecular complexity index is 1280. The van der Waals surface area contributed by atoms with Crippen LogP contribution in [0.3, 0.4) is 0 Å². The molecule has 0 spiro atoms. The molecule has 1 heterocycles. The third kappa shape index (κ3) is 4.67. The zero-order valence-electron chi connectivity index (χ0n) is 16.9. The summed E-state index contributed by atoms with van der Waals surface area (Å²) in [6, 6.07) is 19.2. The van der Waals surface area contributed by atoms with Crippen LogP contribution in [-0.2, 0) is 0 Å². The molecule has 4 rings (SSSR count). The topological polar surface area (TPSA) is 63.2 Å². The molecule has 2 N–H and O–H groups in total. The summed E-state index contributed by atoms with van der Waals surface area (Å²) in [5.41, 5.74) is 4.32. The van der Waals surface area contributed by atoms with Gasteiger partial charge in [-0.25, -0.2) is 14.2 Å². The van der Waals surface area contributed by atoms with E-state index < -0.39 is 11.8 Å². The van der Waals surface area contributed by atoms with E-state index in [9.17, 15) is 9.18 Å². The molecular formula is C24H19BrFN3O2. The molecule has 0 radical (unpaired) electrons. The Hall–Kier alpha value is -3.45. The molecule has 0 aliphatic heterocycles. The molecular weight excluding hydrogens is 461 g/mol. The predicted octanol–water partition coefficient (Wildman–Crippen LogP) is 6.76. The summed E-state index contributed by atoms with van der Waals surface area (Å²) in [6.45, 7) is 2.04. The van der Waals surface area contributed by atoms with Crippen molar-refractivity contribution >= 4 is 44.2 Å². The van der Waals surface area contributed by atoms with E-state index in [0.29, 0.717) is 15.9 Å². The van der Waals surface area contributed by atoms with Gasteiger partial charge in [0, 0.05) is 27.2 Å². The van der Waals surface area contributed by atoms with Crippen molar-refractivity contribution in [2.24, 2.45) is 0 Å². The van der Waals surface area contributed by atoms with Gasteiger partial charge in [0.15, 0.2) is 0 Å². The zero-order valence-corrected chi connectivity index (χ0v) is 18.5. The van der Waals surface area contributed by atoms with Crippen LogP contribution in [0.1, 0.15) is 5.56 Å². The van der Waals surface area contributed by atoms with Crippen LogP contribution in [0.4, 0.5) is 20.6 Å². The van der Waals surface area contributed by atoms with Crippen molar-refractivity contribution in [3.63, 3.8) is 0 Å². The van der Waals surface area contributed by atoms with Crippen molar-refractivity contribution in [1.82, 2.24) is 4.98 Å². The highest BCUT2D eigenvalue weighted by Gasteiger charge is 2.12. The summed E-state index contributed by atoms with van der Waals surface area (Å²) >= 11 is 3.19.